The lowest BCUT2D eigenvalue weighted by Crippen LogP contribution is -2.44. The molecule has 1 amide bonds. The summed E-state index contributed by atoms with van der Waals surface area (Å²) in [4.78, 5) is 25.8. The molecule has 0 saturated heterocycles. The normalized spacial score (nSPS) is 30.1. The molecule has 0 aromatic heterocycles. The Hall–Kier alpha value is -2.82. The second kappa shape index (κ2) is 6.61. The smallest absolute Gasteiger partial charge is 0.224 e. The van der Waals surface area contributed by atoms with Gasteiger partial charge in [-0.05, 0) is 43.9 Å². The number of nitrogens with one attached hydrogen (secondary N) is 1. The first-order chi connectivity index (χ1) is 14.0. The topological polar surface area (TPSA) is 64.6 Å². The number of amides is 1. The van der Waals surface area contributed by atoms with Gasteiger partial charge in [0.05, 0.1) is 25.1 Å². The second-order valence-electron chi connectivity index (χ2n) is 8.49. The van der Waals surface area contributed by atoms with Crippen LogP contribution in [0.3, 0.4) is 0 Å². The van der Waals surface area contributed by atoms with Crippen molar-refractivity contribution in [2.24, 2.45) is 17.8 Å². The molecule has 2 aromatic carbocycles. The average Bonchev–Trinajstić information content (AvgIpc) is 3.39. The molecule has 5 atom stereocenters. The largest absolute Gasteiger partial charge is 0.496 e. The van der Waals surface area contributed by atoms with Crippen LogP contribution < -0.4 is 14.8 Å². The summed E-state index contributed by atoms with van der Waals surface area (Å²) in [6, 6.07) is 15.0. The molecule has 2 aliphatic carbocycles. The third-order valence-corrected chi connectivity index (χ3v) is 6.90. The number of hydrogen-bond acceptors (Lipinski definition) is 4. The Morgan fingerprint density at radius 1 is 1.21 bits per heavy atom. The lowest BCUT2D eigenvalue weighted by molar-refractivity contribution is -0.124. The van der Waals surface area contributed by atoms with E-state index in [1.807, 2.05) is 55.5 Å². The highest BCUT2D eigenvalue weighted by atomic mass is 16.5. The van der Waals surface area contributed by atoms with Gasteiger partial charge >= 0.3 is 0 Å². The van der Waals surface area contributed by atoms with Crippen LogP contribution in [0.5, 0.6) is 11.5 Å². The number of carbonyl (C=O) groups is 2. The van der Waals surface area contributed by atoms with Crippen molar-refractivity contribution in [3.63, 3.8) is 0 Å². The van der Waals surface area contributed by atoms with Crippen LogP contribution in [-0.2, 0) is 4.79 Å². The molecule has 5 heteroatoms. The van der Waals surface area contributed by atoms with Gasteiger partial charge in [0, 0.05) is 17.4 Å². The number of benzene rings is 2. The van der Waals surface area contributed by atoms with Crippen LogP contribution in [0.1, 0.15) is 48.1 Å². The van der Waals surface area contributed by atoms with Gasteiger partial charge < -0.3 is 14.8 Å². The van der Waals surface area contributed by atoms with E-state index < -0.39 is 5.60 Å². The maximum Gasteiger partial charge on any atom is 0.224 e. The average molecular weight is 391 g/mol. The SMILES string of the molecule is COc1ccccc1[C@H](C)NC(=O)[C@@H]1[C@@H]2CC[C@]3(CC(=O)c4ccccc4O3)[C@H]21. The lowest BCUT2D eigenvalue weighted by Gasteiger charge is -2.37. The Labute approximate surface area is 170 Å². The first-order valence-electron chi connectivity index (χ1n) is 10.3. The van der Waals surface area contributed by atoms with Gasteiger partial charge in [-0.25, -0.2) is 0 Å². The van der Waals surface area contributed by atoms with Crippen LogP contribution >= 0.6 is 0 Å². The number of Topliss-reactive ketones (excluding diaryl/α,β-unsaturated/α-hetero) is 1. The molecule has 5 rings (SSSR count). The summed E-state index contributed by atoms with van der Waals surface area (Å²) in [5.74, 6) is 1.94. The van der Waals surface area contributed by atoms with Crippen LogP contribution in [0.4, 0.5) is 0 Å². The van der Waals surface area contributed by atoms with Crippen molar-refractivity contribution >= 4 is 11.7 Å². The minimum absolute atomic E-state index is 0.0485. The van der Waals surface area contributed by atoms with Crippen molar-refractivity contribution in [1.29, 1.82) is 0 Å². The van der Waals surface area contributed by atoms with E-state index in [9.17, 15) is 9.59 Å². The maximum absolute atomic E-state index is 13.1. The Balaban J connectivity index is 1.32. The highest BCUT2D eigenvalue weighted by molar-refractivity contribution is 6.00. The molecule has 0 bridgehead atoms. The summed E-state index contributed by atoms with van der Waals surface area (Å²) in [6.07, 6.45) is 2.15. The molecular weight excluding hydrogens is 366 g/mol. The molecule has 3 aliphatic rings. The van der Waals surface area contributed by atoms with E-state index in [2.05, 4.69) is 5.32 Å². The van der Waals surface area contributed by atoms with Gasteiger partial charge in [-0.3, -0.25) is 9.59 Å². The maximum atomic E-state index is 13.1. The first-order valence-corrected chi connectivity index (χ1v) is 10.3. The second-order valence-corrected chi connectivity index (χ2v) is 8.49. The van der Waals surface area contributed by atoms with E-state index in [4.69, 9.17) is 9.47 Å². The molecule has 1 spiro atoms. The summed E-state index contributed by atoms with van der Waals surface area (Å²) in [5.41, 5.74) is 1.10. The minimum Gasteiger partial charge on any atom is -0.496 e. The fourth-order valence-corrected chi connectivity index (χ4v) is 5.53. The molecule has 1 N–H and O–H groups in total. The summed E-state index contributed by atoms with van der Waals surface area (Å²) in [7, 11) is 1.64. The quantitative estimate of drug-likeness (QED) is 0.858. The predicted molar refractivity (Wildman–Crippen MR) is 108 cm³/mol. The Morgan fingerprint density at radius 2 is 1.97 bits per heavy atom. The van der Waals surface area contributed by atoms with E-state index in [0.717, 1.165) is 24.2 Å². The van der Waals surface area contributed by atoms with Gasteiger partial charge in [-0.1, -0.05) is 30.3 Å². The van der Waals surface area contributed by atoms with Gasteiger partial charge in [0.25, 0.3) is 0 Å². The summed E-state index contributed by atoms with van der Waals surface area (Å²) in [5, 5.41) is 3.15. The zero-order valence-corrected chi connectivity index (χ0v) is 16.7. The van der Waals surface area contributed by atoms with Gasteiger partial charge in [0.1, 0.15) is 17.1 Å². The minimum atomic E-state index is -0.522. The van der Waals surface area contributed by atoms with Crippen molar-refractivity contribution in [1.82, 2.24) is 5.32 Å². The number of fused-ring (bicyclic) bond motifs is 3. The summed E-state index contributed by atoms with van der Waals surface area (Å²) in [6.45, 7) is 1.97. The molecule has 2 aromatic rings. The number of carbonyl (C=O) groups excluding carboxylic acids is 2. The predicted octanol–water partition coefficient (Wildman–Crippen LogP) is 3.93. The van der Waals surface area contributed by atoms with Crippen LogP contribution in [0.15, 0.2) is 48.5 Å². The van der Waals surface area contributed by atoms with Gasteiger partial charge in [-0.15, -0.1) is 0 Å². The highest BCUT2D eigenvalue weighted by Crippen LogP contribution is 2.65. The van der Waals surface area contributed by atoms with Crippen molar-refractivity contribution in [3.8, 4) is 11.5 Å². The molecule has 2 fully saturated rings. The van der Waals surface area contributed by atoms with Crippen molar-refractivity contribution < 1.29 is 19.1 Å². The molecular formula is C24H25NO4. The third kappa shape index (κ3) is 2.83. The number of ether oxygens (including phenoxy) is 2. The molecule has 1 heterocycles. The van der Waals surface area contributed by atoms with E-state index >= 15 is 0 Å². The van der Waals surface area contributed by atoms with Crippen molar-refractivity contribution in [3.05, 3.63) is 59.7 Å². The number of ketones is 1. The van der Waals surface area contributed by atoms with Crippen LogP contribution in [0.2, 0.25) is 0 Å². The number of methoxy groups -OCH3 is 1. The van der Waals surface area contributed by atoms with Crippen LogP contribution in [0, 0.1) is 17.8 Å². The molecule has 29 heavy (non-hydrogen) atoms. The number of para-hydroxylation sites is 2. The monoisotopic (exact) mass is 391 g/mol. The fourth-order valence-electron chi connectivity index (χ4n) is 5.53. The fraction of sp³-hybridized carbons (Fsp3) is 0.417. The van der Waals surface area contributed by atoms with E-state index in [1.165, 1.54) is 0 Å². The number of hydrogen-bond donors (Lipinski definition) is 1. The molecule has 150 valence electrons. The highest BCUT2D eigenvalue weighted by Gasteiger charge is 2.70. The summed E-state index contributed by atoms with van der Waals surface area (Å²) < 4.78 is 11.8. The van der Waals surface area contributed by atoms with E-state index in [-0.39, 0.29) is 29.6 Å². The van der Waals surface area contributed by atoms with Gasteiger partial charge in [-0.2, -0.15) is 0 Å². The van der Waals surface area contributed by atoms with Gasteiger partial charge in [0.15, 0.2) is 5.78 Å². The summed E-state index contributed by atoms with van der Waals surface area (Å²) >= 11 is 0. The number of rotatable bonds is 4. The first kappa shape index (κ1) is 18.2. The molecule has 0 unspecified atom stereocenters. The van der Waals surface area contributed by atoms with Gasteiger partial charge in [0.2, 0.25) is 5.91 Å². The Morgan fingerprint density at radius 3 is 2.79 bits per heavy atom. The zero-order valence-electron chi connectivity index (χ0n) is 16.7. The zero-order chi connectivity index (χ0) is 20.2. The standard InChI is InChI=1S/C24H25NO4/c1-14(15-7-3-5-9-19(15)28-2)25-23(27)21-17-11-12-24(22(17)21)13-18(26)16-8-4-6-10-20(16)29-24/h3-10,14,17,21-22H,11-13H2,1-2H3,(H,25,27)/t14-,17-,21+,22+,24-/m0/s1. The van der Waals surface area contributed by atoms with Crippen LogP contribution in [-0.4, -0.2) is 24.4 Å². The third-order valence-electron chi connectivity index (χ3n) is 6.90. The van der Waals surface area contributed by atoms with E-state index in [1.54, 1.807) is 7.11 Å². The molecule has 5 nitrogen and oxygen atoms in total. The molecule has 2 saturated carbocycles. The van der Waals surface area contributed by atoms with Crippen LogP contribution in [0.25, 0.3) is 0 Å². The molecule has 0 radical (unpaired) electrons. The Bertz CT molecular complexity index is 986. The Kier molecular flexibility index (Phi) is 4.16. The molecule has 1 aliphatic heterocycles. The lowest BCUT2D eigenvalue weighted by atomic mass is 9.84. The van der Waals surface area contributed by atoms with Crippen molar-refractivity contribution in [2.45, 2.75) is 37.8 Å². The van der Waals surface area contributed by atoms with Crippen molar-refractivity contribution in [2.75, 3.05) is 7.11 Å². The van der Waals surface area contributed by atoms with E-state index in [0.29, 0.717) is 23.7 Å².